The summed E-state index contributed by atoms with van der Waals surface area (Å²) in [5.41, 5.74) is 1.57. The van der Waals surface area contributed by atoms with Crippen LogP contribution in [0.5, 0.6) is 0 Å². The molecular weight excluding hydrogens is 253 g/mol. The lowest BCUT2D eigenvalue weighted by Crippen LogP contribution is -2.35. The normalized spacial score (nSPS) is 18.6. The highest BCUT2D eigenvalue weighted by Gasteiger charge is 2.33. The van der Waals surface area contributed by atoms with Crippen molar-refractivity contribution in [3.63, 3.8) is 0 Å². The molecule has 3 rings (SSSR count). The molecule has 102 valence electrons. The first-order valence-corrected chi connectivity index (χ1v) is 6.86. The van der Waals surface area contributed by atoms with Gasteiger partial charge in [-0.1, -0.05) is 42.5 Å². The minimum absolute atomic E-state index is 0.0102. The highest BCUT2D eigenvalue weighted by Crippen LogP contribution is 2.30. The van der Waals surface area contributed by atoms with Crippen molar-refractivity contribution >= 4 is 11.6 Å². The highest BCUT2D eigenvalue weighted by atomic mass is 19.1. The van der Waals surface area contributed by atoms with Crippen molar-refractivity contribution in [2.45, 2.75) is 25.3 Å². The summed E-state index contributed by atoms with van der Waals surface area (Å²) < 4.78 is 13.9. The van der Waals surface area contributed by atoms with Crippen molar-refractivity contribution in [2.24, 2.45) is 0 Å². The lowest BCUT2D eigenvalue weighted by molar-refractivity contribution is -0.117. The van der Waals surface area contributed by atoms with Gasteiger partial charge in [0.25, 0.3) is 0 Å². The molecule has 1 aliphatic rings. The van der Waals surface area contributed by atoms with Crippen molar-refractivity contribution in [3.8, 4) is 0 Å². The molecule has 20 heavy (non-hydrogen) atoms. The second-order valence-electron chi connectivity index (χ2n) is 5.10. The zero-order valence-corrected chi connectivity index (χ0v) is 11.1. The van der Waals surface area contributed by atoms with Crippen LogP contribution in [0.15, 0.2) is 54.6 Å². The fraction of sp³-hybridized carbons (Fsp3) is 0.235. The summed E-state index contributed by atoms with van der Waals surface area (Å²) in [5, 5.41) is 0. The van der Waals surface area contributed by atoms with Crippen molar-refractivity contribution in [1.29, 1.82) is 0 Å². The fourth-order valence-corrected chi connectivity index (χ4v) is 2.80. The van der Waals surface area contributed by atoms with E-state index >= 15 is 0 Å². The van der Waals surface area contributed by atoms with E-state index in [-0.39, 0.29) is 17.8 Å². The Labute approximate surface area is 117 Å². The lowest BCUT2D eigenvalue weighted by Gasteiger charge is -2.25. The number of carbonyl (C=O) groups is 1. The van der Waals surface area contributed by atoms with Crippen LogP contribution in [-0.4, -0.2) is 11.9 Å². The zero-order chi connectivity index (χ0) is 13.9. The number of nitrogens with zero attached hydrogens (tertiary/aromatic N) is 1. The maximum absolute atomic E-state index is 13.9. The molecule has 1 unspecified atom stereocenters. The van der Waals surface area contributed by atoms with Crippen LogP contribution in [0.2, 0.25) is 0 Å². The lowest BCUT2D eigenvalue weighted by atomic mass is 10.0. The average Bonchev–Trinajstić information content (AvgIpc) is 2.82. The fourth-order valence-electron chi connectivity index (χ4n) is 2.80. The number of hydrogen-bond donors (Lipinski definition) is 0. The first-order chi connectivity index (χ1) is 9.75. The minimum atomic E-state index is -0.333. The van der Waals surface area contributed by atoms with E-state index in [2.05, 4.69) is 0 Å². The van der Waals surface area contributed by atoms with E-state index in [1.165, 1.54) is 11.6 Å². The van der Waals surface area contributed by atoms with E-state index in [1.54, 1.807) is 23.1 Å². The van der Waals surface area contributed by atoms with Gasteiger partial charge in [-0.2, -0.15) is 0 Å². The second-order valence-corrected chi connectivity index (χ2v) is 5.10. The molecule has 0 spiro atoms. The van der Waals surface area contributed by atoms with Gasteiger partial charge in [-0.05, 0) is 30.5 Å². The summed E-state index contributed by atoms with van der Waals surface area (Å²) in [5.74, 6) is -0.322. The van der Waals surface area contributed by atoms with E-state index in [1.807, 2.05) is 30.3 Å². The molecule has 0 saturated carbocycles. The van der Waals surface area contributed by atoms with Gasteiger partial charge in [0, 0.05) is 12.5 Å². The third-order valence-corrected chi connectivity index (χ3v) is 3.75. The molecule has 1 amide bonds. The third-order valence-electron chi connectivity index (χ3n) is 3.75. The van der Waals surface area contributed by atoms with E-state index in [4.69, 9.17) is 0 Å². The Hall–Kier alpha value is -2.16. The van der Waals surface area contributed by atoms with Crippen LogP contribution in [0.4, 0.5) is 10.1 Å². The molecule has 1 fully saturated rings. The molecule has 2 aromatic carbocycles. The van der Waals surface area contributed by atoms with Gasteiger partial charge in [0.2, 0.25) is 5.91 Å². The van der Waals surface area contributed by atoms with Crippen molar-refractivity contribution < 1.29 is 9.18 Å². The van der Waals surface area contributed by atoms with Gasteiger partial charge in [0.15, 0.2) is 0 Å². The molecule has 0 aliphatic carbocycles. The Balaban J connectivity index is 1.88. The molecule has 0 N–H and O–H groups in total. The number of halogens is 1. The summed E-state index contributed by atoms with van der Waals surface area (Å²) in [4.78, 5) is 13.7. The van der Waals surface area contributed by atoms with Crippen molar-refractivity contribution in [3.05, 3.63) is 66.0 Å². The maximum atomic E-state index is 13.9. The molecule has 0 radical (unpaired) electrons. The van der Waals surface area contributed by atoms with Gasteiger partial charge >= 0.3 is 0 Å². The molecule has 3 heteroatoms. The zero-order valence-electron chi connectivity index (χ0n) is 11.1. The first-order valence-electron chi connectivity index (χ1n) is 6.86. The maximum Gasteiger partial charge on any atom is 0.227 e. The first kappa shape index (κ1) is 12.9. The van der Waals surface area contributed by atoms with Crippen LogP contribution in [0.3, 0.4) is 0 Å². The van der Waals surface area contributed by atoms with Crippen molar-refractivity contribution in [2.75, 3.05) is 4.90 Å². The van der Waals surface area contributed by atoms with Crippen molar-refractivity contribution in [1.82, 2.24) is 0 Å². The average molecular weight is 269 g/mol. The van der Waals surface area contributed by atoms with Gasteiger partial charge in [-0.3, -0.25) is 4.79 Å². The molecule has 2 nitrogen and oxygen atoms in total. The van der Waals surface area contributed by atoms with E-state index in [0.29, 0.717) is 12.1 Å². The Bertz CT molecular complexity index is 611. The second kappa shape index (κ2) is 5.45. The Kier molecular flexibility index (Phi) is 3.50. The number of benzene rings is 2. The third kappa shape index (κ3) is 2.44. The molecule has 1 heterocycles. The summed E-state index contributed by atoms with van der Waals surface area (Å²) in [7, 11) is 0. The van der Waals surface area contributed by atoms with Gasteiger partial charge in [-0.25, -0.2) is 4.39 Å². The summed E-state index contributed by atoms with van der Waals surface area (Å²) >= 11 is 0. The number of hydrogen-bond acceptors (Lipinski definition) is 1. The van der Waals surface area contributed by atoms with Gasteiger partial charge in [0.05, 0.1) is 5.69 Å². The van der Waals surface area contributed by atoms with Crippen LogP contribution >= 0.6 is 0 Å². The van der Waals surface area contributed by atoms with Gasteiger partial charge < -0.3 is 4.90 Å². The minimum Gasteiger partial charge on any atom is -0.306 e. The van der Waals surface area contributed by atoms with Gasteiger partial charge in [-0.15, -0.1) is 0 Å². The van der Waals surface area contributed by atoms with Crippen LogP contribution in [0.25, 0.3) is 0 Å². The van der Waals surface area contributed by atoms with Crippen LogP contribution in [-0.2, 0) is 11.2 Å². The number of amides is 1. The molecule has 2 aromatic rings. The molecule has 1 atom stereocenters. The van der Waals surface area contributed by atoms with Crippen LogP contribution in [0.1, 0.15) is 18.4 Å². The number of carbonyl (C=O) groups excluding carboxylic acids is 1. The van der Waals surface area contributed by atoms with Gasteiger partial charge in [0.1, 0.15) is 5.82 Å². The monoisotopic (exact) mass is 269 g/mol. The number of rotatable bonds is 3. The molecule has 1 aliphatic heterocycles. The molecule has 1 saturated heterocycles. The predicted octanol–water partition coefficient (Wildman–Crippen LogP) is 3.56. The topological polar surface area (TPSA) is 20.3 Å². The standard InChI is InChI=1S/C17H16FNO/c18-15-8-4-5-9-16(15)19-14(10-11-17(19)20)12-13-6-2-1-3-7-13/h1-9,14H,10-12H2. The van der Waals surface area contributed by atoms with Crippen LogP contribution < -0.4 is 4.90 Å². The molecule has 0 bridgehead atoms. The largest absolute Gasteiger partial charge is 0.306 e. The van der Waals surface area contributed by atoms with E-state index in [0.717, 1.165) is 12.8 Å². The van der Waals surface area contributed by atoms with E-state index < -0.39 is 0 Å². The Morgan fingerprint density at radius 3 is 2.50 bits per heavy atom. The summed E-state index contributed by atoms with van der Waals surface area (Å²) in [6.07, 6.45) is 2.04. The number of para-hydroxylation sites is 1. The highest BCUT2D eigenvalue weighted by molar-refractivity contribution is 5.96. The number of anilines is 1. The molecular formula is C17H16FNO. The summed E-state index contributed by atoms with van der Waals surface area (Å²) in [6.45, 7) is 0. The Morgan fingerprint density at radius 1 is 1.05 bits per heavy atom. The van der Waals surface area contributed by atoms with Crippen LogP contribution in [0, 0.1) is 5.82 Å². The predicted molar refractivity (Wildman–Crippen MR) is 77.1 cm³/mol. The SMILES string of the molecule is O=C1CCC(Cc2ccccc2)N1c1ccccc1F. The smallest absolute Gasteiger partial charge is 0.227 e. The quantitative estimate of drug-likeness (QED) is 0.834. The summed E-state index contributed by atoms with van der Waals surface area (Å²) in [6, 6.07) is 16.6. The Morgan fingerprint density at radius 2 is 1.75 bits per heavy atom. The van der Waals surface area contributed by atoms with E-state index in [9.17, 15) is 9.18 Å². The molecule has 0 aromatic heterocycles.